The molecule has 5 fully saturated rings. The van der Waals surface area contributed by atoms with E-state index in [9.17, 15) is 26.4 Å². The maximum absolute atomic E-state index is 14.0. The molecule has 38 heavy (non-hydrogen) atoms. The molecule has 1 aliphatic carbocycles. The SMILES string of the molecule is CN(C)C1CCC(S(=O)(=O)N2CCC(C3CCN4NC(C(F)(F)F)C(C(=O)N5CCCC5)C4C3)CC2)CC1. The molecular formula is C26H44F3N5O3S. The zero-order chi connectivity index (χ0) is 27.2. The maximum atomic E-state index is 14.0. The van der Waals surface area contributed by atoms with Gasteiger partial charge in [-0.1, -0.05) is 0 Å². The Balaban J connectivity index is 1.20. The van der Waals surface area contributed by atoms with Crippen molar-refractivity contribution in [1.82, 2.24) is 24.5 Å². The topological polar surface area (TPSA) is 76.2 Å². The van der Waals surface area contributed by atoms with Crippen LogP contribution in [0.15, 0.2) is 0 Å². The van der Waals surface area contributed by atoms with E-state index in [0.29, 0.717) is 58.0 Å². The van der Waals surface area contributed by atoms with Gasteiger partial charge >= 0.3 is 6.18 Å². The third-order valence-electron chi connectivity index (χ3n) is 10.1. The first-order chi connectivity index (χ1) is 18.0. The summed E-state index contributed by atoms with van der Waals surface area (Å²) in [5.41, 5.74) is 2.65. The van der Waals surface area contributed by atoms with Crippen molar-refractivity contribution in [2.75, 3.05) is 46.8 Å². The highest BCUT2D eigenvalue weighted by Gasteiger charge is 2.59. The molecule has 0 bridgehead atoms. The number of nitrogens with zero attached hydrogens (tertiary/aromatic N) is 4. The summed E-state index contributed by atoms with van der Waals surface area (Å²) in [5.74, 6) is -0.996. The van der Waals surface area contributed by atoms with E-state index in [1.807, 2.05) is 14.1 Å². The second-order valence-corrected chi connectivity index (χ2v) is 14.6. The Labute approximate surface area is 225 Å². The molecule has 1 saturated carbocycles. The molecule has 4 aliphatic heterocycles. The molecule has 0 spiro atoms. The maximum Gasteiger partial charge on any atom is 0.406 e. The van der Waals surface area contributed by atoms with Crippen LogP contribution in [-0.2, 0) is 14.8 Å². The zero-order valence-electron chi connectivity index (χ0n) is 22.7. The average molecular weight is 564 g/mol. The molecule has 12 heteroatoms. The van der Waals surface area contributed by atoms with E-state index in [0.717, 1.165) is 44.9 Å². The van der Waals surface area contributed by atoms with Crippen LogP contribution in [0.5, 0.6) is 0 Å². The van der Waals surface area contributed by atoms with Gasteiger partial charge in [-0.15, -0.1) is 0 Å². The van der Waals surface area contributed by atoms with Crippen molar-refractivity contribution in [3.63, 3.8) is 0 Å². The van der Waals surface area contributed by atoms with E-state index in [4.69, 9.17) is 0 Å². The summed E-state index contributed by atoms with van der Waals surface area (Å²) in [6, 6.07) is -1.86. The molecule has 0 aromatic carbocycles. The molecule has 4 saturated heterocycles. The van der Waals surface area contributed by atoms with Crippen LogP contribution in [0.4, 0.5) is 13.2 Å². The van der Waals surface area contributed by atoms with Crippen LogP contribution in [0, 0.1) is 17.8 Å². The minimum atomic E-state index is -4.49. The van der Waals surface area contributed by atoms with Gasteiger partial charge in [0.1, 0.15) is 6.04 Å². The van der Waals surface area contributed by atoms with Gasteiger partial charge in [-0.3, -0.25) is 4.79 Å². The Morgan fingerprint density at radius 2 is 1.47 bits per heavy atom. The summed E-state index contributed by atoms with van der Waals surface area (Å²) in [4.78, 5) is 17.1. The Bertz CT molecular complexity index is 942. The summed E-state index contributed by atoms with van der Waals surface area (Å²) in [7, 11) is 0.757. The molecule has 8 nitrogen and oxygen atoms in total. The van der Waals surface area contributed by atoms with Crippen molar-refractivity contribution < 1.29 is 26.4 Å². The summed E-state index contributed by atoms with van der Waals surface area (Å²) < 4.78 is 70.4. The number of hydrogen-bond acceptors (Lipinski definition) is 6. The Morgan fingerprint density at radius 3 is 2.05 bits per heavy atom. The van der Waals surface area contributed by atoms with Crippen LogP contribution in [-0.4, -0.2) is 110 Å². The fourth-order valence-electron chi connectivity index (χ4n) is 7.84. The van der Waals surface area contributed by atoms with Gasteiger partial charge in [0.2, 0.25) is 15.9 Å². The van der Waals surface area contributed by atoms with E-state index in [2.05, 4.69) is 10.3 Å². The number of sulfonamides is 1. The largest absolute Gasteiger partial charge is 0.406 e. The zero-order valence-corrected chi connectivity index (χ0v) is 23.5. The molecule has 5 aliphatic rings. The van der Waals surface area contributed by atoms with Crippen LogP contribution < -0.4 is 5.43 Å². The van der Waals surface area contributed by atoms with Gasteiger partial charge in [0.25, 0.3) is 0 Å². The van der Waals surface area contributed by atoms with Crippen molar-refractivity contribution in [2.45, 2.75) is 93.8 Å². The Kier molecular flexibility index (Phi) is 8.38. The molecular weight excluding hydrogens is 519 g/mol. The summed E-state index contributed by atoms with van der Waals surface area (Å²) in [6.07, 6.45) is 3.20. The minimum Gasteiger partial charge on any atom is -0.342 e. The molecule has 5 rings (SSSR count). The first-order valence-electron chi connectivity index (χ1n) is 14.5. The Morgan fingerprint density at radius 1 is 0.868 bits per heavy atom. The fourth-order valence-corrected chi connectivity index (χ4v) is 9.85. The first-order valence-corrected chi connectivity index (χ1v) is 16.0. The third kappa shape index (κ3) is 5.62. The highest BCUT2D eigenvalue weighted by Crippen LogP contribution is 2.44. The quantitative estimate of drug-likeness (QED) is 0.555. The summed E-state index contributed by atoms with van der Waals surface area (Å²) >= 11 is 0. The minimum absolute atomic E-state index is 0.208. The lowest BCUT2D eigenvalue weighted by molar-refractivity contribution is -0.172. The molecule has 218 valence electrons. The van der Waals surface area contributed by atoms with Gasteiger partial charge in [0.15, 0.2) is 0 Å². The van der Waals surface area contributed by atoms with E-state index >= 15 is 0 Å². The number of hydrazine groups is 1. The lowest BCUT2D eigenvalue weighted by Gasteiger charge is -2.43. The van der Waals surface area contributed by atoms with Crippen molar-refractivity contribution in [2.24, 2.45) is 17.8 Å². The molecule has 0 aromatic heterocycles. The van der Waals surface area contributed by atoms with Gasteiger partial charge in [-0.05, 0) is 90.1 Å². The molecule has 1 N–H and O–H groups in total. The van der Waals surface area contributed by atoms with Gasteiger partial charge < -0.3 is 9.80 Å². The van der Waals surface area contributed by atoms with E-state index in [1.54, 1.807) is 14.2 Å². The fraction of sp³-hybridized carbons (Fsp3) is 0.962. The number of alkyl halides is 3. The Hall–Kier alpha value is -0.950. The van der Waals surface area contributed by atoms with Crippen molar-refractivity contribution >= 4 is 15.9 Å². The van der Waals surface area contributed by atoms with Crippen LogP contribution in [0.1, 0.15) is 64.2 Å². The predicted octanol–water partition coefficient (Wildman–Crippen LogP) is 2.67. The molecule has 0 aromatic rings. The predicted molar refractivity (Wildman–Crippen MR) is 138 cm³/mol. The number of hydrogen-bond donors (Lipinski definition) is 1. The van der Waals surface area contributed by atoms with E-state index < -0.39 is 34.2 Å². The molecule has 1 amide bonds. The number of fused-ring (bicyclic) bond motifs is 1. The molecule has 4 heterocycles. The third-order valence-corrected chi connectivity index (χ3v) is 12.5. The van der Waals surface area contributed by atoms with Crippen molar-refractivity contribution in [1.29, 1.82) is 0 Å². The summed E-state index contributed by atoms with van der Waals surface area (Å²) in [6.45, 7) is 2.55. The lowest BCUT2D eigenvalue weighted by atomic mass is 9.74. The van der Waals surface area contributed by atoms with Gasteiger partial charge in [-0.25, -0.2) is 23.2 Å². The normalized spacial score (nSPS) is 36.6. The van der Waals surface area contributed by atoms with Crippen LogP contribution in [0.3, 0.4) is 0 Å². The van der Waals surface area contributed by atoms with Gasteiger partial charge in [-0.2, -0.15) is 13.2 Å². The summed E-state index contributed by atoms with van der Waals surface area (Å²) in [5, 5.41) is 1.37. The van der Waals surface area contributed by atoms with Crippen LogP contribution in [0.2, 0.25) is 0 Å². The monoisotopic (exact) mass is 563 g/mol. The number of carbonyl (C=O) groups excluding carboxylic acids is 1. The standard InChI is InChI=1S/C26H44F3N5O3S/c1-31(2)20-5-7-21(8-6-20)38(36,37)33-14-9-18(10-15-33)19-11-16-34-22(17-19)23(24(30-34)26(27,28)29)25(35)32-12-3-4-13-32/h18-24,30H,3-17H2,1-2H3. The first kappa shape index (κ1) is 28.6. The second-order valence-electron chi connectivity index (χ2n) is 12.4. The van der Waals surface area contributed by atoms with Crippen LogP contribution in [0.25, 0.3) is 0 Å². The number of halogens is 3. The van der Waals surface area contributed by atoms with E-state index in [-0.39, 0.29) is 23.0 Å². The lowest BCUT2D eigenvalue weighted by Crippen LogP contribution is -2.50. The van der Waals surface area contributed by atoms with Crippen molar-refractivity contribution in [3.05, 3.63) is 0 Å². The number of likely N-dealkylation sites (tertiary alicyclic amines) is 1. The number of nitrogens with one attached hydrogen (secondary N) is 1. The van der Waals surface area contributed by atoms with Gasteiger partial charge in [0.05, 0.1) is 11.2 Å². The highest BCUT2D eigenvalue weighted by molar-refractivity contribution is 7.89. The molecule has 4 unspecified atom stereocenters. The van der Waals surface area contributed by atoms with E-state index in [1.165, 1.54) is 0 Å². The number of carbonyl (C=O) groups is 1. The number of piperidine rings is 2. The highest BCUT2D eigenvalue weighted by atomic mass is 32.2. The molecule has 4 atom stereocenters. The second kappa shape index (κ2) is 11.1. The smallest absolute Gasteiger partial charge is 0.342 e. The number of amides is 1. The molecule has 0 radical (unpaired) electrons. The average Bonchev–Trinajstić information content (AvgIpc) is 3.56. The number of rotatable bonds is 5. The van der Waals surface area contributed by atoms with Crippen LogP contribution >= 0.6 is 0 Å². The van der Waals surface area contributed by atoms with Crippen molar-refractivity contribution in [3.8, 4) is 0 Å². The van der Waals surface area contributed by atoms with Gasteiger partial charge in [0, 0.05) is 44.8 Å².